The first-order chi connectivity index (χ1) is 14.7. The number of carbonyl (C=O) groups excluding carboxylic acids is 2. The Kier molecular flexibility index (Phi) is 7.11. The number of nitrogens with zero attached hydrogens (tertiary/aromatic N) is 2. The van der Waals surface area contributed by atoms with E-state index in [9.17, 15) is 18.0 Å². The number of nitrogens with one attached hydrogen (secondary N) is 2. The van der Waals surface area contributed by atoms with Gasteiger partial charge in [0.1, 0.15) is 0 Å². The first-order valence-electron chi connectivity index (χ1n) is 8.60. The van der Waals surface area contributed by atoms with Crippen LogP contribution in [0.1, 0.15) is 27.6 Å². The maximum atomic E-state index is 12.6. The number of carbonyl (C=O) groups is 2. The lowest BCUT2D eigenvalue weighted by Gasteiger charge is -2.08. The molecule has 2 N–H and O–H groups in total. The Balaban J connectivity index is 1.74. The SMILES string of the molecule is CCOC(=O)c1ccc(NS(=O)(=O)c2nnc(NC(=O)c3ccccc3Cl)s2)cc1Cl. The molecule has 1 heterocycles. The molecule has 0 unspecified atom stereocenters. The Labute approximate surface area is 191 Å². The van der Waals surface area contributed by atoms with Gasteiger partial charge >= 0.3 is 5.97 Å². The van der Waals surface area contributed by atoms with E-state index in [1.807, 2.05) is 0 Å². The van der Waals surface area contributed by atoms with Gasteiger partial charge in [0.2, 0.25) is 5.13 Å². The highest BCUT2D eigenvalue weighted by Gasteiger charge is 2.22. The molecule has 0 saturated carbocycles. The van der Waals surface area contributed by atoms with Crippen LogP contribution >= 0.6 is 34.5 Å². The zero-order chi connectivity index (χ0) is 22.6. The smallest absolute Gasteiger partial charge is 0.339 e. The van der Waals surface area contributed by atoms with Crippen molar-refractivity contribution in [2.24, 2.45) is 0 Å². The number of hydrogen-bond donors (Lipinski definition) is 2. The van der Waals surface area contributed by atoms with Gasteiger partial charge in [0.05, 0.1) is 33.5 Å². The second-order valence-corrected chi connectivity index (χ2v) is 9.48. The predicted octanol–water partition coefficient (Wildman–Crippen LogP) is 4.07. The van der Waals surface area contributed by atoms with Gasteiger partial charge in [-0.15, -0.1) is 10.2 Å². The molecule has 1 aromatic heterocycles. The summed E-state index contributed by atoms with van der Waals surface area (Å²) in [6.45, 7) is 1.83. The zero-order valence-electron chi connectivity index (χ0n) is 15.8. The molecule has 0 aliphatic carbocycles. The summed E-state index contributed by atoms with van der Waals surface area (Å²) in [7, 11) is -4.12. The van der Waals surface area contributed by atoms with Crippen molar-refractivity contribution in [3.05, 3.63) is 63.6 Å². The first kappa shape index (κ1) is 22.9. The van der Waals surface area contributed by atoms with Crippen molar-refractivity contribution in [2.45, 2.75) is 11.3 Å². The topological polar surface area (TPSA) is 127 Å². The van der Waals surface area contributed by atoms with Gasteiger partial charge in [-0.25, -0.2) is 4.79 Å². The number of ether oxygens (including phenoxy) is 1. The molecule has 0 atom stereocenters. The fourth-order valence-corrected chi connectivity index (χ4v) is 4.76. The van der Waals surface area contributed by atoms with E-state index in [-0.39, 0.29) is 42.9 Å². The molecule has 3 rings (SSSR count). The Morgan fingerprint density at radius 2 is 1.81 bits per heavy atom. The van der Waals surface area contributed by atoms with E-state index in [1.165, 1.54) is 24.3 Å². The molecule has 0 spiro atoms. The van der Waals surface area contributed by atoms with Gasteiger partial charge in [-0.3, -0.25) is 14.8 Å². The van der Waals surface area contributed by atoms with Gasteiger partial charge in [0.15, 0.2) is 0 Å². The highest BCUT2D eigenvalue weighted by molar-refractivity contribution is 7.94. The molecule has 162 valence electrons. The third kappa shape index (κ3) is 5.50. The molecule has 0 aliphatic rings. The maximum absolute atomic E-state index is 12.6. The molecule has 1 amide bonds. The molecule has 0 aliphatic heterocycles. The van der Waals surface area contributed by atoms with Crippen LogP contribution in [0, 0.1) is 0 Å². The second-order valence-electron chi connectivity index (χ2n) is 5.83. The number of amides is 1. The molecule has 31 heavy (non-hydrogen) atoms. The second kappa shape index (κ2) is 9.60. The molecule has 0 radical (unpaired) electrons. The van der Waals surface area contributed by atoms with Gasteiger partial charge in [0, 0.05) is 0 Å². The average molecular weight is 501 g/mol. The molecule has 0 fully saturated rings. The van der Waals surface area contributed by atoms with Crippen LogP contribution in [0.5, 0.6) is 0 Å². The summed E-state index contributed by atoms with van der Waals surface area (Å²) in [5, 5.41) is 9.97. The van der Waals surface area contributed by atoms with Crippen molar-refractivity contribution >= 4 is 67.3 Å². The monoisotopic (exact) mass is 500 g/mol. The van der Waals surface area contributed by atoms with Gasteiger partial charge in [-0.2, -0.15) is 8.42 Å². The van der Waals surface area contributed by atoms with Crippen LogP contribution in [0.25, 0.3) is 0 Å². The van der Waals surface area contributed by atoms with Crippen molar-refractivity contribution < 1.29 is 22.7 Å². The fourth-order valence-electron chi connectivity index (χ4n) is 2.33. The Morgan fingerprint density at radius 3 is 2.48 bits per heavy atom. The maximum Gasteiger partial charge on any atom is 0.339 e. The molecule has 0 bridgehead atoms. The largest absolute Gasteiger partial charge is 0.462 e. The van der Waals surface area contributed by atoms with E-state index in [0.29, 0.717) is 11.3 Å². The van der Waals surface area contributed by atoms with Crippen LogP contribution in [-0.4, -0.2) is 37.1 Å². The van der Waals surface area contributed by atoms with Crippen LogP contribution in [0.3, 0.4) is 0 Å². The minimum atomic E-state index is -4.12. The van der Waals surface area contributed by atoms with Crippen molar-refractivity contribution in [1.29, 1.82) is 0 Å². The van der Waals surface area contributed by atoms with Crippen LogP contribution < -0.4 is 10.0 Å². The minimum absolute atomic E-state index is 0.0172. The quantitative estimate of drug-likeness (QED) is 0.369. The summed E-state index contributed by atoms with van der Waals surface area (Å²) < 4.78 is 32.0. The van der Waals surface area contributed by atoms with E-state index >= 15 is 0 Å². The van der Waals surface area contributed by atoms with Crippen molar-refractivity contribution in [2.75, 3.05) is 16.6 Å². The molecule has 0 saturated heterocycles. The van der Waals surface area contributed by atoms with Gasteiger partial charge in [-0.1, -0.05) is 46.7 Å². The summed E-state index contributed by atoms with van der Waals surface area (Å²) >= 11 is 12.7. The van der Waals surface area contributed by atoms with Crippen LogP contribution in [0.15, 0.2) is 46.8 Å². The number of hydrogen-bond acceptors (Lipinski definition) is 8. The van der Waals surface area contributed by atoms with Crippen molar-refractivity contribution in [3.63, 3.8) is 0 Å². The lowest BCUT2D eigenvalue weighted by atomic mass is 10.2. The summed E-state index contributed by atoms with van der Waals surface area (Å²) in [5.41, 5.74) is 0.417. The molecular formula is C18H14Cl2N4O5S2. The van der Waals surface area contributed by atoms with Crippen LogP contribution in [-0.2, 0) is 14.8 Å². The third-order valence-electron chi connectivity index (χ3n) is 3.69. The number of halogens is 2. The lowest BCUT2D eigenvalue weighted by molar-refractivity contribution is 0.0526. The molecule has 2 aromatic carbocycles. The highest BCUT2D eigenvalue weighted by Crippen LogP contribution is 2.26. The number of anilines is 2. The summed E-state index contributed by atoms with van der Waals surface area (Å²) in [4.78, 5) is 24.1. The third-order valence-corrected chi connectivity index (χ3v) is 6.92. The standard InChI is InChI=1S/C18H14Cl2N4O5S2/c1-2-29-16(26)12-8-7-10(9-14(12)20)24-31(27,28)18-23-22-17(30-18)21-15(25)11-5-3-4-6-13(11)19/h3-9,24H,2H2,1H3,(H,21,22,25). The van der Waals surface area contributed by atoms with Crippen LogP contribution in [0.4, 0.5) is 10.8 Å². The normalized spacial score (nSPS) is 11.1. The molecule has 3 aromatic rings. The zero-order valence-corrected chi connectivity index (χ0v) is 18.9. The summed E-state index contributed by atoms with van der Waals surface area (Å²) in [6, 6.07) is 10.3. The van der Waals surface area contributed by atoms with Gasteiger partial charge in [0.25, 0.3) is 20.3 Å². The Hall–Kier alpha value is -2.73. The van der Waals surface area contributed by atoms with Crippen LogP contribution in [0.2, 0.25) is 10.0 Å². The number of rotatable bonds is 7. The highest BCUT2D eigenvalue weighted by atomic mass is 35.5. The van der Waals surface area contributed by atoms with E-state index < -0.39 is 21.9 Å². The minimum Gasteiger partial charge on any atom is -0.462 e. The van der Waals surface area contributed by atoms with E-state index in [0.717, 1.165) is 0 Å². The number of benzene rings is 2. The lowest BCUT2D eigenvalue weighted by Crippen LogP contribution is -2.13. The average Bonchev–Trinajstić information content (AvgIpc) is 3.17. The molecule has 13 heteroatoms. The first-order valence-corrected chi connectivity index (χ1v) is 11.7. The van der Waals surface area contributed by atoms with E-state index in [1.54, 1.807) is 25.1 Å². The van der Waals surface area contributed by atoms with Crippen molar-refractivity contribution in [3.8, 4) is 0 Å². The molecule has 9 nitrogen and oxygen atoms in total. The number of sulfonamides is 1. The summed E-state index contributed by atoms with van der Waals surface area (Å²) in [6.07, 6.45) is 0. The number of aromatic nitrogens is 2. The van der Waals surface area contributed by atoms with E-state index in [2.05, 4.69) is 20.2 Å². The Bertz CT molecular complexity index is 1250. The van der Waals surface area contributed by atoms with Gasteiger partial charge < -0.3 is 4.74 Å². The van der Waals surface area contributed by atoms with Crippen molar-refractivity contribution in [1.82, 2.24) is 10.2 Å². The number of esters is 1. The Morgan fingerprint density at radius 1 is 1.06 bits per heavy atom. The van der Waals surface area contributed by atoms with E-state index in [4.69, 9.17) is 27.9 Å². The molecular weight excluding hydrogens is 487 g/mol. The predicted molar refractivity (Wildman–Crippen MR) is 118 cm³/mol. The fraction of sp³-hybridized carbons (Fsp3) is 0.111. The van der Waals surface area contributed by atoms with Gasteiger partial charge in [-0.05, 0) is 37.3 Å². The summed E-state index contributed by atoms with van der Waals surface area (Å²) in [5.74, 6) is -1.18.